The topological polar surface area (TPSA) is 220 Å². The molecule has 7 heterocycles. The predicted molar refractivity (Wildman–Crippen MR) is 341 cm³/mol. The van der Waals surface area contributed by atoms with Crippen LogP contribution >= 0.6 is 0 Å². The molecule has 3 spiro atoms. The number of esters is 1. The lowest BCUT2D eigenvalue weighted by atomic mass is 9.44. The van der Waals surface area contributed by atoms with E-state index in [1.165, 1.54) is 16.7 Å². The van der Waals surface area contributed by atoms with Crippen LogP contribution in [0.25, 0.3) is 0 Å². The summed E-state index contributed by atoms with van der Waals surface area (Å²) >= 11 is 0. The molecule has 470 valence electrons. The molecule has 1 saturated heterocycles. The Morgan fingerprint density at radius 1 is 0.978 bits per heavy atom. The van der Waals surface area contributed by atoms with Crippen LogP contribution < -0.4 is 32.3 Å². The van der Waals surface area contributed by atoms with Gasteiger partial charge in [0.05, 0.1) is 31.1 Å². The summed E-state index contributed by atoms with van der Waals surface area (Å²) in [7, 11) is 1.96. The summed E-state index contributed by atoms with van der Waals surface area (Å²) in [6, 6.07) is 13.0. The Bertz CT molecular complexity index is 3580. The number of aromatic hydroxyl groups is 1. The smallest absolute Gasteiger partial charge is 0.350 e. The average Bonchev–Trinajstić information content (AvgIpc) is 1.50. The lowest BCUT2D eigenvalue weighted by molar-refractivity contribution is -0.204. The van der Waals surface area contributed by atoms with E-state index in [2.05, 4.69) is 94.9 Å². The van der Waals surface area contributed by atoms with Gasteiger partial charge in [-0.2, -0.15) is 0 Å². The molecule has 14 nitrogen and oxygen atoms in total. The number of aliphatic hydroxyl groups excluding tert-OH is 2. The summed E-state index contributed by atoms with van der Waals surface area (Å²) in [6.07, 6.45) is 26.6. The van der Waals surface area contributed by atoms with Gasteiger partial charge in [0, 0.05) is 65.4 Å². The number of benzene rings is 2. The van der Waals surface area contributed by atoms with Crippen molar-refractivity contribution in [2.75, 3.05) is 20.2 Å². The van der Waals surface area contributed by atoms with Gasteiger partial charge in [0.25, 0.3) is 5.60 Å². The van der Waals surface area contributed by atoms with E-state index in [9.17, 15) is 15.3 Å². The molecule has 15 rings (SSSR count). The molecule has 2 aromatic rings. The number of nitrogens with one attached hydrogen (secondary N) is 5. The van der Waals surface area contributed by atoms with Crippen molar-refractivity contribution < 1.29 is 39.2 Å². The predicted octanol–water partition coefficient (Wildman–Crippen LogP) is 9.80. The van der Waals surface area contributed by atoms with E-state index in [0.29, 0.717) is 75.0 Å². The second-order valence-electron chi connectivity index (χ2n) is 30.0. The number of hydrogen-bond acceptors (Lipinski definition) is 14. The first-order valence-electron chi connectivity index (χ1n) is 34.1. The number of fused-ring (bicyclic) bond motifs is 3. The van der Waals surface area contributed by atoms with E-state index >= 15 is 14.4 Å². The normalized spacial score (nSPS) is 41.0. The van der Waals surface area contributed by atoms with E-state index in [1.807, 2.05) is 38.2 Å². The number of ether oxygens (including phenoxy) is 2. The van der Waals surface area contributed by atoms with E-state index in [1.54, 1.807) is 12.1 Å². The number of phenolic OH excluding ortho intramolecular Hbond substituents is 1. The number of carbonyl (C=O) groups excluding carboxylic acids is 3. The highest BCUT2D eigenvalue weighted by Crippen LogP contribution is 2.69. The molecule has 10 N–H and O–H groups in total. The van der Waals surface area contributed by atoms with Gasteiger partial charge in [0.2, 0.25) is 5.78 Å². The molecule has 6 aliphatic carbocycles. The van der Waals surface area contributed by atoms with Crippen LogP contribution in [0.15, 0.2) is 124 Å². The maximum Gasteiger partial charge on any atom is 0.350 e. The van der Waals surface area contributed by atoms with Crippen LogP contribution in [-0.4, -0.2) is 100 Å². The number of hydrogen-bond donors (Lipinski definition) is 9. The molecule has 89 heavy (non-hydrogen) atoms. The van der Waals surface area contributed by atoms with Crippen LogP contribution in [0.5, 0.6) is 5.75 Å². The van der Waals surface area contributed by atoms with Gasteiger partial charge >= 0.3 is 5.97 Å². The van der Waals surface area contributed by atoms with E-state index < -0.39 is 63.5 Å². The number of aliphatic hydroxyl groups is 2. The monoisotopic (exact) mass is 1200 g/mol. The molecule has 1 unspecified atom stereocenters. The fraction of sp³-hybridized carbons (Fsp3) is 0.587. The van der Waals surface area contributed by atoms with Gasteiger partial charge in [0.15, 0.2) is 11.4 Å². The lowest BCUT2D eigenvalue weighted by Crippen LogP contribution is -2.69. The Labute approximate surface area is 525 Å². The molecule has 7 aliphatic heterocycles. The van der Waals surface area contributed by atoms with Gasteiger partial charge < -0.3 is 51.8 Å². The van der Waals surface area contributed by atoms with Gasteiger partial charge in [0.1, 0.15) is 17.7 Å². The first-order valence-corrected chi connectivity index (χ1v) is 34.1. The van der Waals surface area contributed by atoms with Crippen molar-refractivity contribution in [3.63, 3.8) is 0 Å². The summed E-state index contributed by atoms with van der Waals surface area (Å²) in [6.45, 7) is 6.78. The summed E-state index contributed by atoms with van der Waals surface area (Å²) in [5.41, 5.74) is 10.8. The summed E-state index contributed by atoms with van der Waals surface area (Å²) < 4.78 is 14.6. The third kappa shape index (κ3) is 9.49. The third-order valence-corrected chi connectivity index (χ3v) is 25.2. The Balaban J connectivity index is 0.933. The summed E-state index contributed by atoms with van der Waals surface area (Å²) in [5.74, 6) is 6.21. The van der Waals surface area contributed by atoms with Crippen LogP contribution in [0.3, 0.4) is 0 Å². The van der Waals surface area contributed by atoms with Gasteiger partial charge in [-0.05, 0) is 209 Å². The zero-order valence-corrected chi connectivity index (χ0v) is 52.5. The quantitative estimate of drug-likeness (QED) is 0.0395. The number of carbonyl (C=O) groups is 3. The third-order valence-electron chi connectivity index (χ3n) is 25.2. The fourth-order valence-electron chi connectivity index (χ4n) is 21.0. The van der Waals surface area contributed by atoms with Crippen molar-refractivity contribution in [3.8, 4) is 17.6 Å². The van der Waals surface area contributed by atoms with Crippen LogP contribution in [0.2, 0.25) is 0 Å². The van der Waals surface area contributed by atoms with Crippen LogP contribution in [-0.2, 0) is 20.7 Å². The zero-order chi connectivity index (χ0) is 61.4. The Hall–Kier alpha value is -6.05. The lowest BCUT2D eigenvalue weighted by Gasteiger charge is -2.64. The maximum atomic E-state index is 16.9. The zero-order valence-electron chi connectivity index (χ0n) is 52.5. The van der Waals surface area contributed by atoms with Crippen molar-refractivity contribution >= 4 is 17.5 Å². The minimum Gasteiger partial charge on any atom is -0.508 e. The van der Waals surface area contributed by atoms with Gasteiger partial charge in [-0.1, -0.05) is 98.4 Å². The Morgan fingerprint density at radius 2 is 1.84 bits per heavy atom. The molecular formula is C75H92N6O8. The standard InChI is InChI=1S/C75H92N6O8/c1-42(22-23-46-26-29-78-69-53(46)24-25-63(77-4)80-69)50(41-82)38-74-66(85)54-21-10-17-49-36-71(3)27-6-5-13-45-14-8-16-48-37-72-39-59-57(65(61(72)32-55(45)48)88-70(87)75(74,89-74)67(86)64(49)54)34-62(84)73(28-11-19-51(73)18-7-12-43(2)81-72)60(59)33-56(47-15-9-20-52(83)31-47)58-30-44(35-71)40-79-68(58)76/h8-10,15-17,20-21,26,30-31,37,40,43,45,51,55-57,59-63,65,68,77-84H,5-6,11,13-14,18-19,22-25,27-29,32-36,38-39,41,76H2,1-4H3/b50-42-/t43-,45-,51+,55+,56+,57-,59+,60-,61-,62+,63-,65+,68?,71+,72-,73+,74+,75+/m1/s1. The number of epoxide rings is 1. The first kappa shape index (κ1) is 59.3. The molecule has 2 aromatic carbocycles. The van der Waals surface area contributed by atoms with Gasteiger partial charge in [-0.15, -0.1) is 5.92 Å². The minimum absolute atomic E-state index is 0.0951. The number of phenols is 1. The molecule has 13 aliphatic rings. The molecule has 13 bridgehead atoms. The summed E-state index contributed by atoms with van der Waals surface area (Å²) in [5, 5.41) is 55.1. The second kappa shape index (κ2) is 22.4. The second-order valence-corrected chi connectivity index (χ2v) is 30.0. The highest BCUT2D eigenvalue weighted by Gasteiger charge is 2.86. The maximum absolute atomic E-state index is 16.9. The number of rotatable bonds is 8. The summed E-state index contributed by atoms with van der Waals surface area (Å²) in [4.78, 5) is 49.7. The highest BCUT2D eigenvalue weighted by molar-refractivity contribution is 6.33. The highest BCUT2D eigenvalue weighted by atomic mass is 16.7. The van der Waals surface area contributed by atoms with Crippen molar-refractivity contribution in [1.29, 1.82) is 0 Å². The first-order chi connectivity index (χ1) is 43.0. The number of dihydropyridines is 2. The van der Waals surface area contributed by atoms with Crippen molar-refractivity contribution in [2.45, 2.75) is 202 Å². The van der Waals surface area contributed by atoms with Crippen molar-refractivity contribution in [1.82, 2.24) is 26.6 Å². The number of ketones is 2. The number of allylic oxidation sites excluding steroid dienone is 8. The fourth-order valence-corrected chi connectivity index (χ4v) is 21.0. The van der Waals surface area contributed by atoms with Crippen LogP contribution in [0, 0.1) is 64.1 Å². The number of Topliss-reactive ketones (excluding diaryl/α,β-unsaturated/α-hetero) is 2. The van der Waals surface area contributed by atoms with Crippen molar-refractivity contribution in [3.05, 3.63) is 146 Å². The molecule has 0 aromatic heterocycles. The van der Waals surface area contributed by atoms with Crippen molar-refractivity contribution in [2.24, 2.45) is 58.0 Å². The average molecular weight is 1210 g/mol. The van der Waals surface area contributed by atoms with E-state index in [-0.39, 0.29) is 83.5 Å². The SMILES string of the molecule is CN[C@H]1CCC2=C(NCC=C2CC/C(C)=C(\CO)C[C@@]23O[C@@]24C(=O)O[C@H]2[C@@H]5C[C@H](O)[C@@]67CCC[C@@H]6CC#C[C@@H](C)N[C@]68C=C9C=CC[C@@H](CCCC[C@@](C)(CC%10=CNC(N)C(=C%10)[C@H](c%10cccc(O)c%10)C[C@@H]7[C@H]5C6)Cc5cccc(c5C4=O)C3=O)[C@@H]9C[C@H]28)N1. The van der Waals surface area contributed by atoms with E-state index in [4.69, 9.17) is 15.2 Å². The molecule has 14 heteroatoms. The van der Waals surface area contributed by atoms with Gasteiger partial charge in [-0.3, -0.25) is 14.9 Å². The van der Waals surface area contributed by atoms with Gasteiger partial charge in [-0.25, -0.2) is 4.79 Å². The largest absolute Gasteiger partial charge is 0.508 e. The molecule has 4 fully saturated rings. The molecular weight excluding hydrogens is 1110 g/mol. The van der Waals surface area contributed by atoms with E-state index in [0.717, 1.165) is 98.7 Å². The molecule has 0 radical (unpaired) electrons. The minimum atomic E-state index is -2.34. The molecule has 0 amide bonds. The van der Waals surface area contributed by atoms with Crippen LogP contribution in [0.4, 0.5) is 0 Å². The number of nitrogens with two attached hydrogens (primary N) is 1. The molecule has 3 saturated carbocycles. The Morgan fingerprint density at radius 3 is 2.69 bits per heavy atom. The Kier molecular flexibility index (Phi) is 14.9. The molecule has 18 atom stereocenters. The van der Waals surface area contributed by atoms with Crippen LogP contribution in [0.1, 0.15) is 181 Å².